The molecule has 0 saturated carbocycles. The molecule has 0 fully saturated rings. The van der Waals surface area contributed by atoms with E-state index in [4.69, 9.17) is 4.18 Å². The lowest BCUT2D eigenvalue weighted by Gasteiger charge is -2.22. The molecule has 4 aromatic rings. The van der Waals surface area contributed by atoms with Crippen molar-refractivity contribution in [3.63, 3.8) is 0 Å². The maximum Gasteiger partial charge on any atom is 0.420 e. The molecule has 0 saturated heterocycles. The van der Waals surface area contributed by atoms with E-state index >= 15 is 0 Å². The van der Waals surface area contributed by atoms with Crippen molar-refractivity contribution in [3.05, 3.63) is 96.6 Å². The van der Waals surface area contributed by atoms with Gasteiger partial charge < -0.3 is 4.90 Å². The first-order chi connectivity index (χ1) is 16.1. The fraction of sp³-hybridized carbons (Fsp3) is 0.154. The maximum atomic E-state index is 14.0. The molecule has 0 spiro atoms. The van der Waals surface area contributed by atoms with Gasteiger partial charge in [0.1, 0.15) is 4.90 Å². The minimum absolute atomic E-state index is 0.286. The van der Waals surface area contributed by atoms with Crippen LogP contribution in [0.15, 0.2) is 95.9 Å². The third-order valence-electron chi connectivity index (χ3n) is 5.45. The average molecular weight is 486 g/mol. The zero-order chi connectivity index (χ0) is 24.5. The van der Waals surface area contributed by atoms with Gasteiger partial charge in [0.2, 0.25) is 0 Å². The van der Waals surface area contributed by atoms with Crippen molar-refractivity contribution in [2.45, 2.75) is 17.2 Å². The Hall–Kier alpha value is -3.36. The second-order valence-corrected chi connectivity index (χ2v) is 9.52. The van der Waals surface area contributed by atoms with Crippen molar-refractivity contribution in [3.8, 4) is 11.1 Å². The number of alkyl halides is 3. The summed E-state index contributed by atoms with van der Waals surface area (Å²) in [4.78, 5) is 1.48. The lowest BCUT2D eigenvalue weighted by atomic mass is 10.0. The molecule has 0 aliphatic carbocycles. The molecule has 1 unspecified atom stereocenters. The summed E-state index contributed by atoms with van der Waals surface area (Å²) in [6.45, 7) is 0. The molecule has 0 heterocycles. The van der Waals surface area contributed by atoms with Gasteiger partial charge in [-0.1, -0.05) is 78.9 Å². The molecular weight excluding hydrogens is 463 g/mol. The third kappa shape index (κ3) is 4.78. The predicted octanol–water partition coefficient (Wildman–Crippen LogP) is 6.58. The molecule has 176 valence electrons. The Labute approximate surface area is 196 Å². The van der Waals surface area contributed by atoms with Gasteiger partial charge in [0, 0.05) is 30.6 Å². The number of anilines is 1. The van der Waals surface area contributed by atoms with Crippen molar-refractivity contribution in [1.29, 1.82) is 0 Å². The number of rotatable bonds is 6. The molecule has 34 heavy (non-hydrogen) atoms. The van der Waals surface area contributed by atoms with E-state index in [0.717, 1.165) is 11.3 Å². The minimum atomic E-state index is -4.94. The van der Waals surface area contributed by atoms with Crippen LogP contribution in [0.25, 0.3) is 21.9 Å². The van der Waals surface area contributed by atoms with Crippen molar-refractivity contribution in [2.24, 2.45) is 0 Å². The summed E-state index contributed by atoms with van der Waals surface area (Å²) < 4.78 is 73.0. The molecule has 4 aromatic carbocycles. The first kappa shape index (κ1) is 23.8. The van der Waals surface area contributed by atoms with Gasteiger partial charge in [-0.05, 0) is 28.8 Å². The molecule has 0 N–H and O–H groups in total. The lowest BCUT2D eigenvalue weighted by Crippen LogP contribution is -2.26. The maximum absolute atomic E-state index is 14.0. The van der Waals surface area contributed by atoms with E-state index in [0.29, 0.717) is 10.9 Å². The Bertz CT molecular complexity index is 1400. The molecule has 0 aliphatic rings. The third-order valence-corrected chi connectivity index (χ3v) is 6.79. The van der Waals surface area contributed by atoms with Gasteiger partial charge >= 0.3 is 6.18 Å². The highest BCUT2D eigenvalue weighted by Crippen LogP contribution is 2.40. The van der Waals surface area contributed by atoms with E-state index in [2.05, 4.69) is 0 Å². The monoisotopic (exact) mass is 485 g/mol. The van der Waals surface area contributed by atoms with Crippen LogP contribution in [0.1, 0.15) is 11.7 Å². The second-order valence-electron chi connectivity index (χ2n) is 7.98. The summed E-state index contributed by atoms with van der Waals surface area (Å²) in [5.74, 6) is 0. The highest BCUT2D eigenvalue weighted by molar-refractivity contribution is 7.87. The van der Waals surface area contributed by atoms with E-state index in [1.54, 1.807) is 43.3 Å². The largest absolute Gasteiger partial charge is 0.420 e. The number of fused-ring (bicyclic) bond motifs is 1. The Kier molecular flexibility index (Phi) is 6.38. The van der Waals surface area contributed by atoms with E-state index in [1.807, 2.05) is 30.3 Å². The van der Waals surface area contributed by atoms with Crippen LogP contribution in [0, 0.1) is 0 Å². The SMILES string of the molecule is CN(C)c1cccc2c(S(=O)(=O)OC(c3ccc(-c4ccccc4)cc3)C(F)(F)F)cccc12. The van der Waals surface area contributed by atoms with E-state index in [1.165, 1.54) is 36.4 Å². The summed E-state index contributed by atoms with van der Waals surface area (Å²) in [6, 6.07) is 24.1. The van der Waals surface area contributed by atoms with Crippen LogP contribution in [0.5, 0.6) is 0 Å². The number of hydrogen-bond donors (Lipinski definition) is 0. The van der Waals surface area contributed by atoms with Crippen molar-refractivity contribution < 1.29 is 25.8 Å². The molecule has 0 aromatic heterocycles. The summed E-state index contributed by atoms with van der Waals surface area (Å²) in [6.07, 6.45) is -7.59. The molecule has 1 atom stereocenters. The fourth-order valence-corrected chi connectivity index (χ4v) is 5.10. The molecule has 8 heteroatoms. The van der Waals surface area contributed by atoms with Crippen LogP contribution in [-0.4, -0.2) is 28.7 Å². The Morgan fingerprint density at radius 1 is 0.735 bits per heavy atom. The van der Waals surface area contributed by atoms with Gasteiger partial charge in [-0.3, -0.25) is 0 Å². The second kappa shape index (κ2) is 9.12. The topological polar surface area (TPSA) is 46.6 Å². The molecule has 4 nitrogen and oxygen atoms in total. The van der Waals surface area contributed by atoms with Crippen molar-refractivity contribution in [2.75, 3.05) is 19.0 Å². The van der Waals surface area contributed by atoms with Gasteiger partial charge in [-0.15, -0.1) is 0 Å². The van der Waals surface area contributed by atoms with Crippen LogP contribution in [-0.2, 0) is 14.3 Å². The number of benzene rings is 4. The molecule has 0 bridgehead atoms. The number of halogens is 3. The lowest BCUT2D eigenvalue weighted by molar-refractivity contribution is -0.196. The smallest absolute Gasteiger partial charge is 0.377 e. The molecule has 0 amide bonds. The molecule has 4 rings (SSSR count). The normalized spacial score (nSPS) is 13.1. The van der Waals surface area contributed by atoms with E-state index < -0.39 is 22.4 Å². The number of nitrogens with zero attached hydrogens (tertiary/aromatic N) is 1. The summed E-state index contributed by atoms with van der Waals surface area (Å²) >= 11 is 0. The molecule has 0 aliphatic heterocycles. The van der Waals surface area contributed by atoms with Gasteiger partial charge in [0.15, 0.2) is 6.10 Å². The van der Waals surface area contributed by atoms with Crippen LogP contribution in [0.2, 0.25) is 0 Å². The Morgan fingerprint density at radius 2 is 1.32 bits per heavy atom. The zero-order valence-corrected chi connectivity index (χ0v) is 19.3. The number of hydrogen-bond acceptors (Lipinski definition) is 4. The van der Waals surface area contributed by atoms with Gasteiger partial charge in [-0.2, -0.15) is 21.6 Å². The van der Waals surface area contributed by atoms with Crippen LogP contribution in [0.4, 0.5) is 18.9 Å². The van der Waals surface area contributed by atoms with E-state index in [-0.39, 0.29) is 15.8 Å². The zero-order valence-electron chi connectivity index (χ0n) is 18.5. The quantitative estimate of drug-likeness (QED) is 0.290. The first-order valence-electron chi connectivity index (χ1n) is 10.4. The summed E-state index contributed by atoms with van der Waals surface area (Å²) in [5, 5.41) is 0.877. The van der Waals surface area contributed by atoms with Gasteiger partial charge in [0.05, 0.1) is 0 Å². The summed E-state index contributed by atoms with van der Waals surface area (Å²) in [7, 11) is -1.17. The van der Waals surface area contributed by atoms with Crippen LogP contribution < -0.4 is 4.90 Å². The van der Waals surface area contributed by atoms with Crippen LogP contribution >= 0.6 is 0 Å². The summed E-state index contributed by atoms with van der Waals surface area (Å²) in [5.41, 5.74) is 1.97. The van der Waals surface area contributed by atoms with Gasteiger partial charge in [0.25, 0.3) is 10.1 Å². The van der Waals surface area contributed by atoms with Gasteiger partial charge in [-0.25, -0.2) is 4.18 Å². The van der Waals surface area contributed by atoms with E-state index in [9.17, 15) is 21.6 Å². The Balaban J connectivity index is 1.73. The fourth-order valence-electron chi connectivity index (χ4n) is 3.83. The highest BCUT2D eigenvalue weighted by atomic mass is 32.2. The minimum Gasteiger partial charge on any atom is -0.377 e. The van der Waals surface area contributed by atoms with Crippen molar-refractivity contribution >= 4 is 26.6 Å². The standard InChI is InChI=1S/C26H22F3NO3S/c1-30(2)23-12-6-11-22-21(23)10-7-13-24(22)34(31,32)33-25(26(27,28)29)20-16-14-19(15-17-20)18-8-4-3-5-9-18/h3-17,25H,1-2H3. The van der Waals surface area contributed by atoms with Crippen LogP contribution in [0.3, 0.4) is 0 Å². The molecule has 0 radical (unpaired) electrons. The average Bonchev–Trinajstić information content (AvgIpc) is 2.81. The van der Waals surface area contributed by atoms with Crippen molar-refractivity contribution in [1.82, 2.24) is 0 Å². The predicted molar refractivity (Wildman–Crippen MR) is 127 cm³/mol. The molecular formula is C26H22F3NO3S. The Morgan fingerprint density at radius 3 is 1.94 bits per heavy atom. The highest BCUT2D eigenvalue weighted by Gasteiger charge is 2.45. The first-order valence-corrected chi connectivity index (χ1v) is 11.8.